The van der Waals surface area contributed by atoms with Gasteiger partial charge in [-0.25, -0.2) is 4.98 Å². The number of aliphatic hydroxyl groups is 1. The second-order valence-electron chi connectivity index (χ2n) is 4.15. The van der Waals surface area contributed by atoms with Crippen LogP contribution in [0.1, 0.15) is 52.0 Å². The minimum Gasteiger partial charge on any atom is -0.387 e. The predicted octanol–water partition coefficient (Wildman–Crippen LogP) is 2.54. The molecule has 1 rings (SSSR count). The van der Waals surface area contributed by atoms with Gasteiger partial charge in [-0.3, -0.25) is 0 Å². The number of aromatic nitrogens is 2. The summed E-state index contributed by atoms with van der Waals surface area (Å²) < 4.78 is 2.02. The fraction of sp³-hybridized carbons (Fsp3) is 0.727. The lowest BCUT2D eigenvalue weighted by atomic mass is 9.99. The number of hydrogen-bond acceptors (Lipinski definition) is 2. The van der Waals surface area contributed by atoms with Gasteiger partial charge in [0, 0.05) is 6.04 Å². The maximum Gasteiger partial charge on any atom is 0.0981 e. The largest absolute Gasteiger partial charge is 0.387 e. The number of aliphatic hydroxyl groups excluding tert-OH is 1. The summed E-state index contributed by atoms with van der Waals surface area (Å²) in [6.07, 6.45) is 4.12. The fourth-order valence-corrected chi connectivity index (χ4v) is 1.49. The van der Waals surface area contributed by atoms with E-state index in [-0.39, 0.29) is 5.92 Å². The molecule has 1 aromatic rings. The molecule has 0 amide bonds. The Kier molecular flexibility index (Phi) is 3.69. The van der Waals surface area contributed by atoms with E-state index >= 15 is 0 Å². The van der Waals surface area contributed by atoms with E-state index in [2.05, 4.69) is 32.7 Å². The highest BCUT2D eigenvalue weighted by Crippen LogP contribution is 2.25. The second-order valence-corrected chi connectivity index (χ2v) is 4.15. The summed E-state index contributed by atoms with van der Waals surface area (Å²) in [6, 6.07) is 0.353. The van der Waals surface area contributed by atoms with Crippen molar-refractivity contribution in [2.45, 2.75) is 46.3 Å². The molecule has 2 unspecified atom stereocenters. The zero-order chi connectivity index (χ0) is 10.7. The first-order chi connectivity index (χ1) is 6.57. The number of hydrogen-bond donors (Lipinski definition) is 1. The molecule has 0 aromatic carbocycles. The van der Waals surface area contributed by atoms with Gasteiger partial charge in [-0.05, 0) is 19.8 Å². The van der Waals surface area contributed by atoms with Gasteiger partial charge in [0.05, 0.1) is 24.3 Å². The van der Waals surface area contributed by atoms with Crippen LogP contribution in [0, 0.1) is 5.92 Å². The Morgan fingerprint density at radius 3 is 2.57 bits per heavy atom. The maximum absolute atomic E-state index is 10.0. The van der Waals surface area contributed by atoms with Crippen molar-refractivity contribution in [2.24, 2.45) is 5.92 Å². The lowest BCUT2D eigenvalue weighted by Crippen LogP contribution is -2.14. The number of nitrogens with zero attached hydrogens (tertiary/aromatic N) is 2. The van der Waals surface area contributed by atoms with E-state index in [1.807, 2.05) is 4.57 Å². The standard InChI is InChI=1S/C11H20N2O/c1-5-9(4)11(14)10-6-12-7-13(10)8(2)3/h6-9,11,14H,5H2,1-4H3. The van der Waals surface area contributed by atoms with Crippen molar-refractivity contribution in [3.05, 3.63) is 18.2 Å². The zero-order valence-electron chi connectivity index (χ0n) is 9.44. The molecule has 0 aliphatic carbocycles. The van der Waals surface area contributed by atoms with Gasteiger partial charge in [0.2, 0.25) is 0 Å². The van der Waals surface area contributed by atoms with Crippen molar-refractivity contribution in [2.75, 3.05) is 0 Å². The molecule has 0 aliphatic rings. The molecular formula is C11H20N2O. The average molecular weight is 196 g/mol. The molecule has 80 valence electrons. The molecule has 0 aliphatic heterocycles. The Balaban J connectivity index is 2.89. The summed E-state index contributed by atoms with van der Waals surface area (Å²) in [6.45, 7) is 8.33. The normalized spacial score (nSPS) is 15.9. The first-order valence-electron chi connectivity index (χ1n) is 5.27. The van der Waals surface area contributed by atoms with Crippen LogP contribution in [-0.4, -0.2) is 14.7 Å². The average Bonchev–Trinajstić information content (AvgIpc) is 2.63. The van der Waals surface area contributed by atoms with Crippen molar-refractivity contribution in [1.29, 1.82) is 0 Å². The van der Waals surface area contributed by atoms with Gasteiger partial charge in [0.25, 0.3) is 0 Å². The first kappa shape index (κ1) is 11.2. The second kappa shape index (κ2) is 4.60. The van der Waals surface area contributed by atoms with E-state index in [4.69, 9.17) is 0 Å². The number of rotatable bonds is 4. The van der Waals surface area contributed by atoms with Crippen LogP contribution >= 0.6 is 0 Å². The topological polar surface area (TPSA) is 38.1 Å². The van der Waals surface area contributed by atoms with Gasteiger partial charge < -0.3 is 9.67 Å². The third-order valence-electron chi connectivity index (χ3n) is 2.74. The van der Waals surface area contributed by atoms with Crippen molar-refractivity contribution >= 4 is 0 Å². The van der Waals surface area contributed by atoms with Crippen LogP contribution in [0.3, 0.4) is 0 Å². The highest BCUT2D eigenvalue weighted by atomic mass is 16.3. The summed E-state index contributed by atoms with van der Waals surface area (Å²) >= 11 is 0. The summed E-state index contributed by atoms with van der Waals surface area (Å²) in [5, 5.41) is 10.0. The van der Waals surface area contributed by atoms with Gasteiger partial charge in [-0.1, -0.05) is 20.3 Å². The van der Waals surface area contributed by atoms with Crippen molar-refractivity contribution < 1.29 is 5.11 Å². The predicted molar refractivity (Wildman–Crippen MR) is 57.0 cm³/mol. The molecule has 2 atom stereocenters. The summed E-state index contributed by atoms with van der Waals surface area (Å²) in [7, 11) is 0. The molecular weight excluding hydrogens is 176 g/mol. The Labute approximate surface area is 85.8 Å². The van der Waals surface area contributed by atoms with Gasteiger partial charge in [-0.2, -0.15) is 0 Å². The van der Waals surface area contributed by atoms with E-state index in [0.717, 1.165) is 12.1 Å². The maximum atomic E-state index is 10.0. The minimum absolute atomic E-state index is 0.282. The molecule has 0 fully saturated rings. The Hall–Kier alpha value is -0.830. The van der Waals surface area contributed by atoms with Gasteiger partial charge in [-0.15, -0.1) is 0 Å². The van der Waals surface area contributed by atoms with Gasteiger partial charge >= 0.3 is 0 Å². The molecule has 1 heterocycles. The SMILES string of the molecule is CCC(C)C(O)c1cncn1C(C)C. The third kappa shape index (κ3) is 2.15. The van der Waals surface area contributed by atoms with Crippen molar-refractivity contribution in [1.82, 2.24) is 9.55 Å². The van der Waals surface area contributed by atoms with E-state index in [9.17, 15) is 5.11 Å². The molecule has 3 nitrogen and oxygen atoms in total. The first-order valence-corrected chi connectivity index (χ1v) is 5.27. The molecule has 0 radical (unpaired) electrons. The van der Waals surface area contributed by atoms with Crippen LogP contribution in [0.25, 0.3) is 0 Å². The molecule has 0 spiro atoms. The monoisotopic (exact) mass is 196 g/mol. The Morgan fingerprint density at radius 1 is 1.43 bits per heavy atom. The molecule has 0 bridgehead atoms. The van der Waals surface area contributed by atoms with E-state index in [1.165, 1.54) is 0 Å². The van der Waals surface area contributed by atoms with Crippen molar-refractivity contribution in [3.63, 3.8) is 0 Å². The highest BCUT2D eigenvalue weighted by molar-refractivity contribution is 5.04. The zero-order valence-corrected chi connectivity index (χ0v) is 9.44. The van der Waals surface area contributed by atoms with Crippen LogP contribution < -0.4 is 0 Å². The van der Waals surface area contributed by atoms with E-state index < -0.39 is 6.10 Å². The fourth-order valence-electron chi connectivity index (χ4n) is 1.49. The molecule has 0 saturated carbocycles. The lowest BCUT2D eigenvalue weighted by molar-refractivity contribution is 0.106. The summed E-state index contributed by atoms with van der Waals surface area (Å²) in [5.74, 6) is 0.282. The minimum atomic E-state index is -0.398. The molecule has 14 heavy (non-hydrogen) atoms. The van der Waals surface area contributed by atoms with Crippen LogP contribution in [0.4, 0.5) is 0 Å². The summed E-state index contributed by atoms with van der Waals surface area (Å²) in [4.78, 5) is 4.08. The summed E-state index contributed by atoms with van der Waals surface area (Å²) in [5.41, 5.74) is 0.925. The van der Waals surface area contributed by atoms with E-state index in [0.29, 0.717) is 6.04 Å². The molecule has 1 N–H and O–H groups in total. The van der Waals surface area contributed by atoms with Crippen LogP contribution in [0.5, 0.6) is 0 Å². The number of imidazole rings is 1. The molecule has 1 aromatic heterocycles. The van der Waals surface area contributed by atoms with Crippen LogP contribution in [-0.2, 0) is 0 Å². The van der Waals surface area contributed by atoms with Gasteiger partial charge in [0.15, 0.2) is 0 Å². The quantitative estimate of drug-likeness (QED) is 0.803. The van der Waals surface area contributed by atoms with Crippen molar-refractivity contribution in [3.8, 4) is 0 Å². The van der Waals surface area contributed by atoms with Gasteiger partial charge in [0.1, 0.15) is 0 Å². The van der Waals surface area contributed by atoms with Crippen LogP contribution in [0.2, 0.25) is 0 Å². The molecule has 0 saturated heterocycles. The smallest absolute Gasteiger partial charge is 0.0981 e. The Bertz CT molecular complexity index is 281. The Morgan fingerprint density at radius 2 is 2.07 bits per heavy atom. The van der Waals surface area contributed by atoms with Crippen LogP contribution in [0.15, 0.2) is 12.5 Å². The molecule has 3 heteroatoms. The third-order valence-corrected chi connectivity index (χ3v) is 2.74. The highest BCUT2D eigenvalue weighted by Gasteiger charge is 2.19. The van der Waals surface area contributed by atoms with E-state index in [1.54, 1.807) is 12.5 Å². The lowest BCUT2D eigenvalue weighted by Gasteiger charge is -2.20.